The van der Waals surface area contributed by atoms with Gasteiger partial charge in [-0.15, -0.1) is 10.2 Å². The zero-order chi connectivity index (χ0) is 17.1. The van der Waals surface area contributed by atoms with Crippen molar-refractivity contribution in [1.82, 2.24) is 14.8 Å². The van der Waals surface area contributed by atoms with Gasteiger partial charge in [-0.25, -0.2) is 0 Å². The highest BCUT2D eigenvalue weighted by molar-refractivity contribution is 7.98. The van der Waals surface area contributed by atoms with Gasteiger partial charge in [0, 0.05) is 18.3 Å². The Balaban J connectivity index is 1.75. The maximum Gasteiger partial charge on any atom is 0.191 e. The van der Waals surface area contributed by atoms with Crippen LogP contribution in [-0.2, 0) is 17.0 Å². The summed E-state index contributed by atoms with van der Waals surface area (Å²) in [7, 11) is 0. The van der Waals surface area contributed by atoms with Gasteiger partial charge in [0.15, 0.2) is 5.16 Å². The van der Waals surface area contributed by atoms with Crippen molar-refractivity contribution in [1.29, 1.82) is 0 Å². The Hall–Kier alpha value is -0.750. The topological polar surface area (TPSA) is 39.9 Å². The van der Waals surface area contributed by atoms with Crippen molar-refractivity contribution in [3.8, 4) is 0 Å². The lowest BCUT2D eigenvalue weighted by Gasteiger charge is -2.16. The molecule has 0 saturated carbocycles. The first-order valence-electron chi connectivity index (χ1n) is 8.16. The lowest BCUT2D eigenvalue weighted by molar-refractivity contribution is 0.0940. The molecule has 2 aromatic rings. The third-order valence-electron chi connectivity index (χ3n) is 4.02. The lowest BCUT2D eigenvalue weighted by Crippen LogP contribution is -2.18. The van der Waals surface area contributed by atoms with Crippen LogP contribution in [0.5, 0.6) is 0 Å². The minimum atomic E-state index is 0.267. The fourth-order valence-corrected chi connectivity index (χ4v) is 3.99. The molecule has 2 heterocycles. The molecule has 24 heavy (non-hydrogen) atoms. The Labute approximate surface area is 156 Å². The van der Waals surface area contributed by atoms with Gasteiger partial charge < -0.3 is 9.30 Å². The van der Waals surface area contributed by atoms with Crippen LogP contribution in [0, 0.1) is 0 Å². The van der Waals surface area contributed by atoms with E-state index in [4.69, 9.17) is 27.9 Å². The summed E-state index contributed by atoms with van der Waals surface area (Å²) < 4.78 is 8.00. The second-order valence-electron chi connectivity index (χ2n) is 6.28. The number of ether oxygens (including phenoxy) is 1. The second kappa shape index (κ2) is 8.09. The van der Waals surface area contributed by atoms with Gasteiger partial charge in [-0.3, -0.25) is 0 Å². The summed E-state index contributed by atoms with van der Waals surface area (Å²) in [6.07, 6.45) is 2.50. The van der Waals surface area contributed by atoms with Crippen molar-refractivity contribution in [2.45, 2.75) is 56.2 Å². The molecule has 0 amide bonds. The van der Waals surface area contributed by atoms with E-state index < -0.39 is 0 Å². The maximum atomic E-state index is 6.09. The largest absolute Gasteiger partial charge is 0.376 e. The average Bonchev–Trinajstić information content (AvgIpc) is 3.19. The van der Waals surface area contributed by atoms with Crippen molar-refractivity contribution < 1.29 is 4.74 Å². The van der Waals surface area contributed by atoms with Crippen LogP contribution in [0.3, 0.4) is 0 Å². The molecule has 0 spiro atoms. The van der Waals surface area contributed by atoms with Gasteiger partial charge in [0.1, 0.15) is 5.82 Å². The molecule has 0 aliphatic carbocycles. The molecule has 1 aliphatic rings. The summed E-state index contributed by atoms with van der Waals surface area (Å²) in [5.41, 5.74) is 1.12. The van der Waals surface area contributed by atoms with E-state index in [9.17, 15) is 0 Å². The predicted molar refractivity (Wildman–Crippen MR) is 99.1 cm³/mol. The molecule has 1 atom stereocenters. The number of hydrogen-bond acceptors (Lipinski definition) is 4. The Kier molecular flexibility index (Phi) is 6.08. The van der Waals surface area contributed by atoms with Crippen LogP contribution < -0.4 is 0 Å². The quantitative estimate of drug-likeness (QED) is 0.642. The number of hydrogen-bond donors (Lipinski definition) is 0. The summed E-state index contributed by atoms with van der Waals surface area (Å²) in [6.45, 7) is 5.96. The summed E-state index contributed by atoms with van der Waals surface area (Å²) in [6, 6.07) is 5.73. The smallest absolute Gasteiger partial charge is 0.191 e. The van der Waals surface area contributed by atoms with Crippen molar-refractivity contribution in [3.05, 3.63) is 39.6 Å². The van der Waals surface area contributed by atoms with Gasteiger partial charge >= 0.3 is 0 Å². The van der Waals surface area contributed by atoms with E-state index in [1.165, 1.54) is 0 Å². The van der Waals surface area contributed by atoms with E-state index in [1.54, 1.807) is 11.8 Å². The Morgan fingerprint density at radius 3 is 2.79 bits per heavy atom. The van der Waals surface area contributed by atoms with E-state index in [0.717, 1.165) is 48.3 Å². The van der Waals surface area contributed by atoms with Crippen LogP contribution in [0.25, 0.3) is 0 Å². The lowest BCUT2D eigenvalue weighted by atomic mass is 10.2. The van der Waals surface area contributed by atoms with Gasteiger partial charge in [-0.05, 0) is 30.5 Å². The summed E-state index contributed by atoms with van der Waals surface area (Å²) in [5, 5.41) is 10.9. The number of aromatic nitrogens is 3. The van der Waals surface area contributed by atoms with Crippen molar-refractivity contribution in [3.63, 3.8) is 0 Å². The molecular weight excluding hydrogens is 365 g/mol. The van der Waals surface area contributed by atoms with Gasteiger partial charge in [-0.1, -0.05) is 54.9 Å². The molecule has 3 rings (SSSR count). The highest BCUT2D eigenvalue weighted by Crippen LogP contribution is 2.29. The third-order valence-corrected chi connectivity index (χ3v) is 5.80. The highest BCUT2D eigenvalue weighted by atomic mass is 35.5. The Morgan fingerprint density at radius 1 is 1.29 bits per heavy atom. The standard InChI is InChI=1S/C17H21Cl2N3OS/c1-11(2)16-20-21-17(22(16)9-13-4-3-7-23-13)24-10-12-5-6-14(18)15(19)8-12/h5-6,8,11,13H,3-4,7,9-10H2,1-2H3. The minimum absolute atomic E-state index is 0.267. The number of halogens is 2. The van der Waals surface area contributed by atoms with Crippen LogP contribution >= 0.6 is 35.0 Å². The van der Waals surface area contributed by atoms with E-state index in [1.807, 2.05) is 18.2 Å². The van der Waals surface area contributed by atoms with Crippen LogP contribution in [0.15, 0.2) is 23.4 Å². The van der Waals surface area contributed by atoms with Crippen LogP contribution in [0.2, 0.25) is 10.0 Å². The first-order chi connectivity index (χ1) is 11.5. The molecule has 0 bridgehead atoms. The number of nitrogens with zero attached hydrogens (tertiary/aromatic N) is 3. The zero-order valence-corrected chi connectivity index (χ0v) is 16.2. The third kappa shape index (κ3) is 4.26. The van der Waals surface area contributed by atoms with Gasteiger partial charge in [0.05, 0.1) is 22.7 Å². The SMILES string of the molecule is CC(C)c1nnc(SCc2ccc(Cl)c(Cl)c2)n1CC1CCCO1. The summed E-state index contributed by atoms with van der Waals surface area (Å²) in [4.78, 5) is 0. The van der Waals surface area contributed by atoms with Crippen molar-refractivity contribution >= 4 is 35.0 Å². The summed E-state index contributed by atoms with van der Waals surface area (Å²) in [5.74, 6) is 2.12. The van der Waals surface area contributed by atoms with E-state index >= 15 is 0 Å². The van der Waals surface area contributed by atoms with E-state index in [-0.39, 0.29) is 6.10 Å². The van der Waals surface area contributed by atoms with Crippen molar-refractivity contribution in [2.75, 3.05) is 6.61 Å². The predicted octanol–water partition coefficient (Wildman–Crippen LogP) is 5.18. The molecule has 1 saturated heterocycles. The molecule has 130 valence electrons. The molecule has 7 heteroatoms. The first-order valence-corrected chi connectivity index (χ1v) is 9.90. The fraction of sp³-hybridized carbons (Fsp3) is 0.529. The molecule has 4 nitrogen and oxygen atoms in total. The van der Waals surface area contributed by atoms with Gasteiger partial charge in [0.2, 0.25) is 0 Å². The second-order valence-corrected chi connectivity index (χ2v) is 8.04. The molecular formula is C17H21Cl2N3OS. The molecule has 0 radical (unpaired) electrons. The molecule has 1 unspecified atom stereocenters. The first kappa shape index (κ1) is 18.1. The Bertz CT molecular complexity index is 699. The molecule has 1 aliphatic heterocycles. The Morgan fingerprint density at radius 2 is 2.12 bits per heavy atom. The molecule has 0 N–H and O–H groups in total. The van der Waals surface area contributed by atoms with Crippen LogP contribution in [0.4, 0.5) is 0 Å². The molecule has 1 aromatic heterocycles. The van der Waals surface area contributed by atoms with Crippen LogP contribution in [-0.4, -0.2) is 27.5 Å². The fourth-order valence-electron chi connectivity index (χ4n) is 2.77. The number of rotatable bonds is 6. The zero-order valence-electron chi connectivity index (χ0n) is 13.8. The maximum absolute atomic E-state index is 6.09. The average molecular weight is 386 g/mol. The monoisotopic (exact) mass is 385 g/mol. The van der Waals surface area contributed by atoms with Crippen molar-refractivity contribution in [2.24, 2.45) is 0 Å². The molecule has 1 aromatic carbocycles. The van der Waals surface area contributed by atoms with E-state index in [2.05, 4.69) is 28.6 Å². The highest BCUT2D eigenvalue weighted by Gasteiger charge is 2.22. The van der Waals surface area contributed by atoms with Crippen LogP contribution in [0.1, 0.15) is 44.0 Å². The van der Waals surface area contributed by atoms with E-state index in [0.29, 0.717) is 16.0 Å². The number of benzene rings is 1. The number of thioether (sulfide) groups is 1. The normalized spacial score (nSPS) is 17.8. The minimum Gasteiger partial charge on any atom is -0.376 e. The summed E-state index contributed by atoms with van der Waals surface area (Å²) >= 11 is 13.7. The van der Waals surface area contributed by atoms with Gasteiger partial charge in [-0.2, -0.15) is 0 Å². The molecule has 1 fully saturated rings. The van der Waals surface area contributed by atoms with Gasteiger partial charge in [0.25, 0.3) is 0 Å².